The van der Waals surface area contributed by atoms with E-state index in [0.717, 1.165) is 36.8 Å². The van der Waals surface area contributed by atoms with Gasteiger partial charge in [-0.25, -0.2) is 0 Å². The van der Waals surface area contributed by atoms with Gasteiger partial charge in [0, 0.05) is 16.7 Å². The van der Waals surface area contributed by atoms with Crippen molar-refractivity contribution in [3.63, 3.8) is 0 Å². The second-order valence-corrected chi connectivity index (χ2v) is 14.3. The Hall–Kier alpha value is -1.46. The lowest BCUT2D eigenvalue weighted by Crippen LogP contribution is -2.35. The van der Waals surface area contributed by atoms with Crippen LogP contribution in [0.1, 0.15) is 102 Å². The number of fused-ring (bicyclic) bond motifs is 1. The first-order chi connectivity index (χ1) is 18.7. The van der Waals surface area contributed by atoms with Gasteiger partial charge < -0.3 is 15.3 Å². The molecule has 0 amide bonds. The molecule has 1 aromatic rings. The number of unbranched alkanes of at least 4 members (excludes halogenated alkanes) is 1. The van der Waals surface area contributed by atoms with E-state index in [2.05, 4.69) is 63.1 Å². The molecule has 0 radical (unpaired) electrons. The van der Waals surface area contributed by atoms with Gasteiger partial charge in [0.2, 0.25) is 0 Å². The molecule has 0 aromatic carbocycles. The minimum absolute atomic E-state index is 0.0496. The molecule has 39 heavy (non-hydrogen) atoms. The zero-order valence-electron chi connectivity index (χ0n) is 24.4. The lowest BCUT2D eigenvalue weighted by molar-refractivity contribution is 0.0862. The van der Waals surface area contributed by atoms with Crippen LogP contribution in [0, 0.1) is 23.2 Å². The molecule has 4 heteroatoms. The Bertz CT molecular complexity index is 1120. The minimum atomic E-state index is -0.633. The standard InChI is InChI=1S/C35H50O3S/c1-5-6-8-25-19-33(39-22-25)35(17-18-35)32(38)15-10-23(2)29-13-14-30-26(9-7-16-34(29,30)4)11-12-27-20-28(36)21-31(37)24(27)3/h10-12,15,19,22-23,28-32,36-38H,3,5-9,13-14,16-18,20-21H2,1-2,4H3/b15-10+,26-11+,27-12-/t23-,28-,29-,30+,31+,32+,34-/m1/s1. The molecule has 0 bridgehead atoms. The third kappa shape index (κ3) is 5.82. The van der Waals surface area contributed by atoms with E-state index in [9.17, 15) is 15.3 Å². The SMILES string of the molecule is C=C1/C(=C\C=C2/CCC[C@]3(C)[C@@H]([C@H](C)/C=C/[C@H](O)C4(c5cc(CCCC)cs5)CC4)CC[C@@H]23)C[C@@H](O)C[C@@H]1O. The highest BCUT2D eigenvalue weighted by Crippen LogP contribution is 2.60. The van der Waals surface area contributed by atoms with Crippen LogP contribution in [-0.4, -0.2) is 33.6 Å². The molecule has 0 aliphatic heterocycles. The van der Waals surface area contributed by atoms with Gasteiger partial charge in [0.1, 0.15) is 0 Å². The van der Waals surface area contributed by atoms with E-state index in [0.29, 0.717) is 30.6 Å². The van der Waals surface area contributed by atoms with E-state index in [1.165, 1.54) is 54.5 Å². The maximum atomic E-state index is 11.3. The number of allylic oxidation sites excluding steroid dienone is 4. The van der Waals surface area contributed by atoms with Gasteiger partial charge in [-0.05, 0) is 116 Å². The number of aliphatic hydroxyl groups excluding tert-OH is 3. The summed E-state index contributed by atoms with van der Waals surface area (Å²) < 4.78 is 0. The van der Waals surface area contributed by atoms with E-state index in [4.69, 9.17) is 0 Å². The average molecular weight is 551 g/mol. The summed E-state index contributed by atoms with van der Waals surface area (Å²) in [6.07, 6.45) is 20.2. The molecule has 1 heterocycles. The number of aryl methyl sites for hydroxylation is 1. The number of thiophene rings is 1. The fraction of sp³-hybridized carbons (Fsp3) is 0.657. The monoisotopic (exact) mass is 550 g/mol. The Kier molecular flexibility index (Phi) is 8.79. The van der Waals surface area contributed by atoms with Gasteiger partial charge >= 0.3 is 0 Å². The molecule has 4 aliphatic carbocycles. The van der Waals surface area contributed by atoms with Gasteiger partial charge in [0.05, 0.1) is 18.3 Å². The molecule has 1 aromatic heterocycles. The van der Waals surface area contributed by atoms with Crippen LogP contribution in [-0.2, 0) is 11.8 Å². The van der Waals surface area contributed by atoms with Crippen LogP contribution in [0.5, 0.6) is 0 Å². The van der Waals surface area contributed by atoms with Crippen LogP contribution in [0.15, 0.2) is 59.0 Å². The number of aliphatic hydroxyl groups is 3. The number of rotatable bonds is 9. The summed E-state index contributed by atoms with van der Waals surface area (Å²) >= 11 is 1.85. The van der Waals surface area contributed by atoms with Gasteiger partial charge in [-0.1, -0.05) is 63.6 Å². The molecular weight excluding hydrogens is 500 g/mol. The Balaban J connectivity index is 1.26. The molecule has 0 spiro atoms. The molecule has 5 rings (SSSR count). The lowest BCUT2D eigenvalue weighted by atomic mass is 9.61. The minimum Gasteiger partial charge on any atom is -0.393 e. The topological polar surface area (TPSA) is 60.7 Å². The molecule has 0 unspecified atom stereocenters. The van der Waals surface area contributed by atoms with Crippen molar-refractivity contribution in [2.45, 2.75) is 122 Å². The highest BCUT2D eigenvalue weighted by atomic mass is 32.1. The number of hydrogen-bond acceptors (Lipinski definition) is 4. The summed E-state index contributed by atoms with van der Waals surface area (Å²) in [6, 6.07) is 2.37. The Labute approximate surface area is 240 Å². The van der Waals surface area contributed by atoms with Crippen molar-refractivity contribution >= 4 is 11.3 Å². The summed E-state index contributed by atoms with van der Waals surface area (Å²) in [5.41, 5.74) is 4.97. The third-order valence-corrected chi connectivity index (χ3v) is 12.1. The smallest absolute Gasteiger partial charge is 0.0825 e. The zero-order chi connectivity index (χ0) is 27.8. The molecule has 4 fully saturated rings. The van der Waals surface area contributed by atoms with E-state index in [-0.39, 0.29) is 10.8 Å². The molecule has 0 saturated heterocycles. The van der Waals surface area contributed by atoms with Crippen LogP contribution in [0.25, 0.3) is 0 Å². The number of hydrogen-bond donors (Lipinski definition) is 3. The van der Waals surface area contributed by atoms with Crippen molar-refractivity contribution in [1.29, 1.82) is 0 Å². The lowest BCUT2D eigenvalue weighted by Gasteiger charge is -2.44. The van der Waals surface area contributed by atoms with Crippen molar-refractivity contribution in [3.05, 3.63) is 69.5 Å². The van der Waals surface area contributed by atoms with Gasteiger partial charge in [0.15, 0.2) is 0 Å². The van der Waals surface area contributed by atoms with E-state index in [1.54, 1.807) is 0 Å². The predicted molar refractivity (Wildman–Crippen MR) is 163 cm³/mol. The summed E-state index contributed by atoms with van der Waals surface area (Å²) in [7, 11) is 0. The van der Waals surface area contributed by atoms with Crippen LogP contribution in [0.2, 0.25) is 0 Å². The van der Waals surface area contributed by atoms with Crippen LogP contribution in [0.4, 0.5) is 0 Å². The maximum absolute atomic E-state index is 11.3. The summed E-state index contributed by atoms with van der Waals surface area (Å²) in [6.45, 7) is 11.2. The third-order valence-electron chi connectivity index (χ3n) is 10.9. The summed E-state index contributed by atoms with van der Waals surface area (Å²) in [5.74, 6) is 1.64. The Morgan fingerprint density at radius 3 is 2.69 bits per heavy atom. The molecule has 7 atom stereocenters. The Morgan fingerprint density at radius 2 is 1.95 bits per heavy atom. The quantitative estimate of drug-likeness (QED) is 0.275. The van der Waals surface area contributed by atoms with Crippen molar-refractivity contribution in [2.24, 2.45) is 23.2 Å². The van der Waals surface area contributed by atoms with Gasteiger partial charge in [-0.3, -0.25) is 0 Å². The van der Waals surface area contributed by atoms with E-state index >= 15 is 0 Å². The van der Waals surface area contributed by atoms with Gasteiger partial charge in [0.25, 0.3) is 0 Å². The largest absolute Gasteiger partial charge is 0.393 e. The Morgan fingerprint density at radius 1 is 1.15 bits per heavy atom. The van der Waals surface area contributed by atoms with Crippen molar-refractivity contribution in [3.8, 4) is 0 Å². The normalized spacial score (nSPS) is 36.0. The van der Waals surface area contributed by atoms with E-state index in [1.807, 2.05) is 11.3 Å². The summed E-state index contributed by atoms with van der Waals surface area (Å²) in [4.78, 5) is 1.38. The maximum Gasteiger partial charge on any atom is 0.0825 e. The molecule has 4 saturated carbocycles. The van der Waals surface area contributed by atoms with Crippen LogP contribution in [0.3, 0.4) is 0 Å². The fourth-order valence-corrected chi connectivity index (χ4v) is 9.42. The molecule has 3 nitrogen and oxygen atoms in total. The first-order valence-electron chi connectivity index (χ1n) is 15.6. The highest BCUT2D eigenvalue weighted by molar-refractivity contribution is 7.10. The molecular formula is C35H50O3S. The molecule has 3 N–H and O–H groups in total. The first-order valence-corrected chi connectivity index (χ1v) is 16.4. The predicted octanol–water partition coefficient (Wildman–Crippen LogP) is 7.82. The van der Waals surface area contributed by atoms with Crippen molar-refractivity contribution < 1.29 is 15.3 Å². The fourth-order valence-electron chi connectivity index (χ4n) is 8.18. The zero-order valence-corrected chi connectivity index (χ0v) is 25.2. The van der Waals surface area contributed by atoms with Crippen LogP contribution < -0.4 is 0 Å². The van der Waals surface area contributed by atoms with Gasteiger partial charge in [-0.15, -0.1) is 11.3 Å². The van der Waals surface area contributed by atoms with Gasteiger partial charge in [-0.2, -0.15) is 0 Å². The van der Waals surface area contributed by atoms with Crippen molar-refractivity contribution in [1.82, 2.24) is 0 Å². The van der Waals surface area contributed by atoms with Crippen molar-refractivity contribution in [2.75, 3.05) is 0 Å². The first kappa shape index (κ1) is 29.0. The highest BCUT2D eigenvalue weighted by Gasteiger charge is 2.52. The average Bonchev–Trinajstić information content (AvgIpc) is 3.44. The second kappa shape index (κ2) is 11.8. The summed E-state index contributed by atoms with van der Waals surface area (Å²) in [5, 5.41) is 34.0. The molecule has 214 valence electrons. The molecule has 4 aliphatic rings. The van der Waals surface area contributed by atoms with E-state index < -0.39 is 18.3 Å². The van der Waals surface area contributed by atoms with Crippen LogP contribution >= 0.6 is 11.3 Å². The second-order valence-electron chi connectivity index (χ2n) is 13.4.